The van der Waals surface area contributed by atoms with Crippen molar-refractivity contribution >= 4 is 39.2 Å². The Morgan fingerprint density at radius 1 is 1.13 bits per heavy atom. The highest BCUT2D eigenvalue weighted by atomic mass is 35.5. The van der Waals surface area contributed by atoms with Crippen molar-refractivity contribution in [1.82, 2.24) is 14.9 Å². The van der Waals surface area contributed by atoms with Gasteiger partial charge in [-0.05, 0) is 42.5 Å². The van der Waals surface area contributed by atoms with Gasteiger partial charge in [0.15, 0.2) is 6.61 Å². The van der Waals surface area contributed by atoms with Crippen LogP contribution in [-0.2, 0) is 26.2 Å². The summed E-state index contributed by atoms with van der Waals surface area (Å²) in [6.07, 6.45) is 0. The molecule has 0 aliphatic carbocycles. The summed E-state index contributed by atoms with van der Waals surface area (Å²) in [5, 5.41) is 4.09. The largest absolute Gasteiger partial charge is 0.497 e. The molecule has 0 atom stereocenters. The van der Waals surface area contributed by atoms with Crippen LogP contribution in [0.3, 0.4) is 0 Å². The zero-order chi connectivity index (χ0) is 21.7. The lowest BCUT2D eigenvalue weighted by Gasteiger charge is -2.07. The van der Waals surface area contributed by atoms with Crippen LogP contribution in [0.2, 0.25) is 10.0 Å². The van der Waals surface area contributed by atoms with Gasteiger partial charge in [-0.2, -0.15) is 9.71 Å². The number of ether oxygens (including phenoxy) is 2. The van der Waals surface area contributed by atoms with Crippen molar-refractivity contribution in [2.45, 2.75) is 11.5 Å². The highest BCUT2D eigenvalue weighted by Gasteiger charge is 2.18. The van der Waals surface area contributed by atoms with Crippen LogP contribution in [-0.4, -0.2) is 38.2 Å². The minimum Gasteiger partial charge on any atom is -0.497 e. The number of hydrogen-bond donors (Lipinski definition) is 1. The van der Waals surface area contributed by atoms with Crippen molar-refractivity contribution in [3.05, 3.63) is 58.4 Å². The molecule has 0 spiro atoms. The van der Waals surface area contributed by atoms with Crippen molar-refractivity contribution < 1.29 is 27.2 Å². The molecular weight excluding hydrogens is 457 g/mol. The third kappa shape index (κ3) is 5.48. The average Bonchev–Trinajstić information content (AvgIpc) is 3.22. The summed E-state index contributed by atoms with van der Waals surface area (Å²) >= 11 is 11.6. The zero-order valence-corrected chi connectivity index (χ0v) is 17.8. The van der Waals surface area contributed by atoms with Crippen LogP contribution in [0.5, 0.6) is 5.75 Å². The molecule has 0 radical (unpaired) electrons. The van der Waals surface area contributed by atoms with E-state index in [-0.39, 0.29) is 27.4 Å². The summed E-state index contributed by atoms with van der Waals surface area (Å²) in [7, 11) is -2.41. The molecular formula is C18H15Cl2N3O6S. The first-order valence-corrected chi connectivity index (χ1v) is 10.6. The van der Waals surface area contributed by atoms with Gasteiger partial charge in [0, 0.05) is 5.56 Å². The number of benzene rings is 2. The molecule has 0 unspecified atom stereocenters. The standard InChI is InChI=1S/C18H15Cl2N3O6S/c1-27-12-4-2-11(3-5-12)18-22-16(29-23-18)10-28-17(24)9-21-30(25,26)13-6-7-14(19)15(20)8-13/h2-8,21H,9-10H2,1H3. The molecule has 30 heavy (non-hydrogen) atoms. The first kappa shape index (κ1) is 22.0. The van der Waals surface area contributed by atoms with Gasteiger partial charge in [0.05, 0.1) is 22.1 Å². The molecule has 0 aliphatic heterocycles. The molecule has 0 aliphatic rings. The third-order valence-corrected chi connectivity index (χ3v) is 5.92. The minimum atomic E-state index is -3.97. The highest BCUT2D eigenvalue weighted by molar-refractivity contribution is 7.89. The molecule has 2 aromatic carbocycles. The maximum absolute atomic E-state index is 12.2. The summed E-state index contributed by atoms with van der Waals surface area (Å²) in [5.74, 6) is 0.216. The predicted molar refractivity (Wildman–Crippen MR) is 108 cm³/mol. The SMILES string of the molecule is COc1ccc(-c2noc(COC(=O)CNS(=O)(=O)c3ccc(Cl)c(Cl)c3)n2)cc1. The van der Waals surface area contributed by atoms with E-state index < -0.39 is 22.5 Å². The van der Waals surface area contributed by atoms with E-state index in [0.29, 0.717) is 17.1 Å². The van der Waals surface area contributed by atoms with E-state index in [1.165, 1.54) is 18.2 Å². The fourth-order valence-electron chi connectivity index (χ4n) is 2.25. The van der Waals surface area contributed by atoms with Gasteiger partial charge in [-0.15, -0.1) is 0 Å². The molecule has 0 fully saturated rings. The van der Waals surface area contributed by atoms with Crippen LogP contribution < -0.4 is 9.46 Å². The maximum Gasteiger partial charge on any atom is 0.321 e. The Hall–Kier alpha value is -2.66. The second-order valence-corrected chi connectivity index (χ2v) is 8.38. The highest BCUT2D eigenvalue weighted by Crippen LogP contribution is 2.24. The number of carbonyl (C=O) groups is 1. The number of esters is 1. The molecule has 12 heteroatoms. The lowest BCUT2D eigenvalue weighted by atomic mass is 10.2. The fourth-order valence-corrected chi connectivity index (χ4v) is 3.60. The van der Waals surface area contributed by atoms with Crippen LogP contribution in [0.4, 0.5) is 0 Å². The summed E-state index contributed by atoms with van der Waals surface area (Å²) < 4.78 is 41.6. The number of aromatic nitrogens is 2. The van der Waals surface area contributed by atoms with Gasteiger partial charge in [0.1, 0.15) is 12.3 Å². The normalized spacial score (nSPS) is 11.3. The Balaban J connectivity index is 1.53. The molecule has 0 bridgehead atoms. The lowest BCUT2D eigenvalue weighted by molar-refractivity contribution is -0.144. The number of carbonyl (C=O) groups excluding carboxylic acids is 1. The minimum absolute atomic E-state index is 0.0570. The third-order valence-electron chi connectivity index (χ3n) is 3.78. The van der Waals surface area contributed by atoms with Crippen LogP contribution in [0, 0.1) is 0 Å². The van der Waals surface area contributed by atoms with Gasteiger partial charge < -0.3 is 14.0 Å². The number of nitrogens with one attached hydrogen (secondary N) is 1. The summed E-state index contributed by atoms with van der Waals surface area (Å²) in [5.41, 5.74) is 0.687. The van der Waals surface area contributed by atoms with Gasteiger partial charge in [-0.25, -0.2) is 8.42 Å². The second kappa shape index (κ2) is 9.43. The van der Waals surface area contributed by atoms with E-state index in [1.54, 1.807) is 31.4 Å². The van der Waals surface area contributed by atoms with Crippen LogP contribution >= 0.6 is 23.2 Å². The first-order chi connectivity index (χ1) is 14.3. The van der Waals surface area contributed by atoms with Crippen LogP contribution in [0.15, 0.2) is 51.9 Å². The van der Waals surface area contributed by atoms with Crippen molar-refractivity contribution in [1.29, 1.82) is 0 Å². The Kier molecular flexibility index (Phi) is 6.93. The Morgan fingerprint density at radius 2 is 1.87 bits per heavy atom. The van der Waals surface area contributed by atoms with Gasteiger partial charge in [-0.1, -0.05) is 28.4 Å². The Morgan fingerprint density at radius 3 is 2.53 bits per heavy atom. The smallest absolute Gasteiger partial charge is 0.321 e. The van der Waals surface area contributed by atoms with Crippen molar-refractivity contribution in [2.75, 3.05) is 13.7 Å². The van der Waals surface area contributed by atoms with Gasteiger partial charge >= 0.3 is 5.97 Å². The summed E-state index contributed by atoms with van der Waals surface area (Å²) in [4.78, 5) is 15.8. The van der Waals surface area contributed by atoms with E-state index in [4.69, 9.17) is 37.2 Å². The van der Waals surface area contributed by atoms with Gasteiger partial charge in [-0.3, -0.25) is 4.79 Å². The molecule has 0 amide bonds. The fraction of sp³-hybridized carbons (Fsp3) is 0.167. The van der Waals surface area contributed by atoms with E-state index in [9.17, 15) is 13.2 Å². The number of nitrogens with zero attached hydrogens (tertiary/aromatic N) is 2. The number of hydrogen-bond acceptors (Lipinski definition) is 8. The zero-order valence-electron chi connectivity index (χ0n) is 15.5. The van der Waals surface area contributed by atoms with Gasteiger partial charge in [0.2, 0.25) is 15.8 Å². The molecule has 3 rings (SSSR count). The number of halogens is 2. The Labute approximate surface area is 181 Å². The number of sulfonamides is 1. The first-order valence-electron chi connectivity index (χ1n) is 8.36. The molecule has 1 heterocycles. The van der Waals surface area contributed by atoms with Crippen LogP contribution in [0.1, 0.15) is 5.89 Å². The molecule has 0 saturated heterocycles. The number of methoxy groups -OCH3 is 1. The second-order valence-electron chi connectivity index (χ2n) is 5.80. The van der Waals surface area contributed by atoms with E-state index in [1.807, 2.05) is 0 Å². The molecule has 1 N–H and O–H groups in total. The van der Waals surface area contributed by atoms with Gasteiger partial charge in [0.25, 0.3) is 5.89 Å². The molecule has 1 aromatic heterocycles. The quantitative estimate of drug-likeness (QED) is 0.497. The number of rotatable bonds is 8. The lowest BCUT2D eigenvalue weighted by Crippen LogP contribution is -2.30. The van der Waals surface area contributed by atoms with Crippen molar-refractivity contribution in [3.8, 4) is 17.1 Å². The molecule has 3 aromatic rings. The average molecular weight is 472 g/mol. The van der Waals surface area contributed by atoms with E-state index >= 15 is 0 Å². The maximum atomic E-state index is 12.2. The molecule has 158 valence electrons. The van der Waals surface area contributed by atoms with Crippen LogP contribution in [0.25, 0.3) is 11.4 Å². The van der Waals surface area contributed by atoms with E-state index in [0.717, 1.165) is 0 Å². The predicted octanol–water partition coefficient (Wildman–Crippen LogP) is 3.07. The van der Waals surface area contributed by atoms with E-state index in [2.05, 4.69) is 14.9 Å². The molecule has 0 saturated carbocycles. The monoisotopic (exact) mass is 471 g/mol. The summed E-state index contributed by atoms with van der Waals surface area (Å²) in [6.45, 7) is -0.904. The van der Waals surface area contributed by atoms with Crippen molar-refractivity contribution in [2.24, 2.45) is 0 Å². The summed E-state index contributed by atoms with van der Waals surface area (Å²) in [6, 6.07) is 10.8. The van der Waals surface area contributed by atoms with Crippen molar-refractivity contribution in [3.63, 3.8) is 0 Å². The molecule has 9 nitrogen and oxygen atoms in total. The topological polar surface area (TPSA) is 121 Å². The Bertz CT molecular complexity index is 1150.